The van der Waals surface area contributed by atoms with Crippen molar-refractivity contribution < 1.29 is 9.53 Å². The molecule has 2 rings (SSSR count). The Bertz CT molecular complexity index is 280. The topological polar surface area (TPSA) is 29.5 Å². The number of carbonyl (C=O) groups excluding carboxylic acids is 1. The van der Waals surface area contributed by atoms with Crippen LogP contribution >= 0.6 is 12.4 Å². The maximum Gasteiger partial charge on any atom is 0.308 e. The van der Waals surface area contributed by atoms with Gasteiger partial charge in [-0.05, 0) is 45.6 Å². The summed E-state index contributed by atoms with van der Waals surface area (Å²) in [7, 11) is 0. The van der Waals surface area contributed by atoms with E-state index in [2.05, 4.69) is 11.8 Å². The highest BCUT2D eigenvalue weighted by Gasteiger charge is 2.22. The molecule has 1 heterocycles. The number of rotatable bonds is 5. The first kappa shape index (κ1) is 17.8. The van der Waals surface area contributed by atoms with Crippen LogP contribution in [0.1, 0.15) is 64.7 Å². The Labute approximate surface area is 129 Å². The van der Waals surface area contributed by atoms with Crippen molar-refractivity contribution in [3.63, 3.8) is 0 Å². The summed E-state index contributed by atoms with van der Waals surface area (Å²) in [5, 5.41) is 0. The second kappa shape index (κ2) is 9.62. The number of hydrogen-bond acceptors (Lipinski definition) is 3. The Hall–Kier alpha value is -0.280. The minimum Gasteiger partial charge on any atom is -0.465 e. The molecule has 20 heavy (non-hydrogen) atoms. The highest BCUT2D eigenvalue weighted by molar-refractivity contribution is 5.85. The molecule has 1 aliphatic heterocycles. The fraction of sp³-hybridized carbons (Fsp3) is 0.938. The third kappa shape index (κ3) is 5.61. The van der Waals surface area contributed by atoms with Gasteiger partial charge in [-0.3, -0.25) is 4.79 Å². The standard InChI is InChI=1S/C16H29NO2.ClH/c1-14-8-5-6-11-17(14)12-7-13-19-16(18)15-9-3-2-4-10-15;/h14-15H,2-13H2,1H3;1H. The van der Waals surface area contributed by atoms with Crippen LogP contribution < -0.4 is 0 Å². The number of ether oxygens (including phenoxy) is 1. The molecule has 0 radical (unpaired) electrons. The van der Waals surface area contributed by atoms with Crippen molar-refractivity contribution in [2.24, 2.45) is 5.92 Å². The van der Waals surface area contributed by atoms with Crippen LogP contribution in [0.15, 0.2) is 0 Å². The van der Waals surface area contributed by atoms with Crippen molar-refractivity contribution >= 4 is 18.4 Å². The molecule has 118 valence electrons. The van der Waals surface area contributed by atoms with Gasteiger partial charge in [0.1, 0.15) is 0 Å². The fourth-order valence-electron chi connectivity index (χ4n) is 3.39. The zero-order valence-corrected chi connectivity index (χ0v) is 13.6. The molecule has 0 aromatic carbocycles. The number of carbonyl (C=O) groups is 1. The SMILES string of the molecule is CC1CCCCN1CCCOC(=O)C1CCCCC1.Cl. The quantitative estimate of drug-likeness (QED) is 0.571. The van der Waals surface area contributed by atoms with Crippen LogP contribution in [0.2, 0.25) is 0 Å². The molecule has 1 aliphatic carbocycles. The van der Waals surface area contributed by atoms with E-state index >= 15 is 0 Å². The van der Waals surface area contributed by atoms with E-state index in [1.807, 2.05) is 0 Å². The zero-order chi connectivity index (χ0) is 13.5. The van der Waals surface area contributed by atoms with Gasteiger partial charge in [-0.2, -0.15) is 0 Å². The second-order valence-electron chi connectivity index (χ2n) is 6.24. The summed E-state index contributed by atoms with van der Waals surface area (Å²) in [6, 6.07) is 0.711. The number of hydrogen-bond donors (Lipinski definition) is 0. The average Bonchev–Trinajstić information content (AvgIpc) is 2.46. The first-order valence-electron chi connectivity index (χ1n) is 8.18. The second-order valence-corrected chi connectivity index (χ2v) is 6.24. The van der Waals surface area contributed by atoms with Crippen molar-refractivity contribution in [2.45, 2.75) is 70.8 Å². The van der Waals surface area contributed by atoms with E-state index in [4.69, 9.17) is 4.74 Å². The minimum absolute atomic E-state index is 0. The molecule has 0 aromatic rings. The first-order valence-corrected chi connectivity index (χ1v) is 8.18. The van der Waals surface area contributed by atoms with E-state index in [1.54, 1.807) is 0 Å². The van der Waals surface area contributed by atoms with E-state index in [-0.39, 0.29) is 24.3 Å². The van der Waals surface area contributed by atoms with Gasteiger partial charge in [-0.25, -0.2) is 0 Å². The molecule has 2 aliphatic rings. The van der Waals surface area contributed by atoms with Gasteiger partial charge in [0.05, 0.1) is 12.5 Å². The molecule has 0 bridgehead atoms. The van der Waals surface area contributed by atoms with Crippen LogP contribution in [0.3, 0.4) is 0 Å². The molecule has 1 atom stereocenters. The summed E-state index contributed by atoms with van der Waals surface area (Å²) < 4.78 is 5.44. The molecule has 1 unspecified atom stereocenters. The fourth-order valence-corrected chi connectivity index (χ4v) is 3.39. The van der Waals surface area contributed by atoms with Crippen LogP contribution in [0.5, 0.6) is 0 Å². The molecular formula is C16H30ClNO2. The monoisotopic (exact) mass is 303 g/mol. The molecule has 3 nitrogen and oxygen atoms in total. The Morgan fingerprint density at radius 1 is 1.10 bits per heavy atom. The van der Waals surface area contributed by atoms with Crippen LogP contribution in [-0.2, 0) is 9.53 Å². The van der Waals surface area contributed by atoms with Crippen LogP contribution in [0.25, 0.3) is 0 Å². The third-order valence-corrected chi connectivity index (χ3v) is 4.71. The average molecular weight is 304 g/mol. The van der Waals surface area contributed by atoms with Gasteiger partial charge in [-0.1, -0.05) is 25.7 Å². The van der Waals surface area contributed by atoms with Crippen LogP contribution in [0, 0.1) is 5.92 Å². The number of nitrogens with zero attached hydrogens (tertiary/aromatic N) is 1. The van der Waals surface area contributed by atoms with Crippen LogP contribution in [0.4, 0.5) is 0 Å². The lowest BCUT2D eigenvalue weighted by atomic mass is 9.89. The predicted molar refractivity (Wildman–Crippen MR) is 84.3 cm³/mol. The van der Waals surface area contributed by atoms with Crippen molar-refractivity contribution in [3.05, 3.63) is 0 Å². The molecule has 1 saturated heterocycles. The smallest absolute Gasteiger partial charge is 0.308 e. The van der Waals surface area contributed by atoms with E-state index in [1.165, 1.54) is 45.1 Å². The van der Waals surface area contributed by atoms with Gasteiger partial charge in [0.25, 0.3) is 0 Å². The molecular weight excluding hydrogens is 274 g/mol. The van der Waals surface area contributed by atoms with Gasteiger partial charge < -0.3 is 9.64 Å². The van der Waals surface area contributed by atoms with Gasteiger partial charge >= 0.3 is 5.97 Å². The molecule has 0 aromatic heterocycles. The Balaban J connectivity index is 0.00000200. The maximum absolute atomic E-state index is 11.9. The highest BCUT2D eigenvalue weighted by atomic mass is 35.5. The highest BCUT2D eigenvalue weighted by Crippen LogP contribution is 2.24. The Morgan fingerprint density at radius 2 is 1.80 bits per heavy atom. The molecule has 4 heteroatoms. The third-order valence-electron chi connectivity index (χ3n) is 4.71. The minimum atomic E-state index is 0. The number of piperidine rings is 1. The lowest BCUT2D eigenvalue weighted by Gasteiger charge is -2.33. The van der Waals surface area contributed by atoms with E-state index < -0.39 is 0 Å². The van der Waals surface area contributed by atoms with Gasteiger partial charge in [0, 0.05) is 12.6 Å². The zero-order valence-electron chi connectivity index (χ0n) is 12.8. The van der Waals surface area contributed by atoms with Gasteiger partial charge in [0.2, 0.25) is 0 Å². The summed E-state index contributed by atoms with van der Waals surface area (Å²) in [4.78, 5) is 14.4. The van der Waals surface area contributed by atoms with E-state index in [9.17, 15) is 4.79 Å². The largest absolute Gasteiger partial charge is 0.465 e. The normalized spacial score (nSPS) is 24.9. The predicted octanol–water partition coefficient (Wildman–Crippen LogP) is 3.80. The van der Waals surface area contributed by atoms with Gasteiger partial charge in [-0.15, -0.1) is 12.4 Å². The van der Waals surface area contributed by atoms with E-state index in [0.29, 0.717) is 12.6 Å². The Kier molecular flexibility index (Phi) is 8.55. The summed E-state index contributed by atoms with van der Waals surface area (Å²) in [6.45, 7) is 5.22. The number of halogens is 1. The van der Waals surface area contributed by atoms with E-state index in [0.717, 1.165) is 25.8 Å². The number of likely N-dealkylation sites (tertiary alicyclic amines) is 1. The Morgan fingerprint density at radius 3 is 2.50 bits per heavy atom. The number of esters is 1. The maximum atomic E-state index is 11.9. The van der Waals surface area contributed by atoms with Crippen molar-refractivity contribution in [1.29, 1.82) is 0 Å². The molecule has 1 saturated carbocycles. The summed E-state index contributed by atoms with van der Waals surface area (Å²) in [5.74, 6) is 0.258. The summed E-state index contributed by atoms with van der Waals surface area (Å²) >= 11 is 0. The summed E-state index contributed by atoms with van der Waals surface area (Å²) in [6.07, 6.45) is 10.8. The molecule has 2 fully saturated rings. The summed E-state index contributed by atoms with van der Waals surface area (Å²) in [5.41, 5.74) is 0. The first-order chi connectivity index (χ1) is 9.27. The van der Waals surface area contributed by atoms with Crippen LogP contribution in [-0.4, -0.2) is 36.6 Å². The van der Waals surface area contributed by atoms with Crippen molar-refractivity contribution in [1.82, 2.24) is 4.90 Å². The molecule has 0 amide bonds. The van der Waals surface area contributed by atoms with Crippen molar-refractivity contribution in [3.8, 4) is 0 Å². The van der Waals surface area contributed by atoms with Gasteiger partial charge in [0.15, 0.2) is 0 Å². The lowest BCUT2D eigenvalue weighted by Crippen LogP contribution is -2.38. The van der Waals surface area contributed by atoms with Crippen molar-refractivity contribution in [2.75, 3.05) is 19.7 Å². The lowest BCUT2D eigenvalue weighted by molar-refractivity contribution is -0.149. The molecule has 0 spiro atoms. The molecule has 0 N–H and O–H groups in total.